The van der Waals surface area contributed by atoms with Crippen LogP contribution < -0.4 is 9.80 Å². The van der Waals surface area contributed by atoms with Gasteiger partial charge in [-0.05, 0) is 51.7 Å². The molecule has 29 heavy (non-hydrogen) atoms. The summed E-state index contributed by atoms with van der Waals surface area (Å²) in [6.45, 7) is 12.0. The SMILES string of the molecule is CCC(CC)N1CCc2c(C)nc3c(-c4cnc(N(C)C)cc4C)c(C)nn3c21. The van der Waals surface area contributed by atoms with Crippen LogP contribution in [0.4, 0.5) is 11.6 Å². The van der Waals surface area contributed by atoms with Gasteiger partial charge in [0, 0.05) is 49.7 Å². The van der Waals surface area contributed by atoms with Crippen molar-refractivity contribution in [1.82, 2.24) is 19.6 Å². The molecule has 0 saturated heterocycles. The largest absolute Gasteiger partial charge is 0.363 e. The number of rotatable bonds is 5. The quantitative estimate of drug-likeness (QED) is 0.647. The van der Waals surface area contributed by atoms with Crippen molar-refractivity contribution in [3.63, 3.8) is 0 Å². The van der Waals surface area contributed by atoms with Crippen molar-refractivity contribution in [3.05, 3.63) is 34.8 Å². The first-order chi connectivity index (χ1) is 13.9. The van der Waals surface area contributed by atoms with E-state index in [2.05, 4.69) is 55.1 Å². The average molecular weight is 393 g/mol. The predicted molar refractivity (Wildman–Crippen MR) is 120 cm³/mol. The molecule has 1 aliphatic rings. The van der Waals surface area contributed by atoms with E-state index in [0.717, 1.165) is 59.8 Å². The van der Waals surface area contributed by atoms with Gasteiger partial charge in [-0.1, -0.05) is 13.8 Å². The number of anilines is 2. The second-order valence-electron chi connectivity index (χ2n) is 8.36. The van der Waals surface area contributed by atoms with Crippen LogP contribution in [0.3, 0.4) is 0 Å². The molecule has 0 fully saturated rings. The minimum atomic E-state index is 0.539. The molecule has 3 aromatic heterocycles. The van der Waals surface area contributed by atoms with Crippen LogP contribution in [0.5, 0.6) is 0 Å². The lowest BCUT2D eigenvalue weighted by molar-refractivity contribution is 0.563. The predicted octanol–water partition coefficient (Wildman–Crippen LogP) is 4.33. The van der Waals surface area contributed by atoms with Crippen molar-refractivity contribution in [2.75, 3.05) is 30.4 Å². The van der Waals surface area contributed by atoms with E-state index >= 15 is 0 Å². The van der Waals surface area contributed by atoms with Crippen LogP contribution in [0, 0.1) is 20.8 Å². The van der Waals surface area contributed by atoms with Crippen molar-refractivity contribution in [2.45, 2.75) is 59.9 Å². The second kappa shape index (κ2) is 7.32. The van der Waals surface area contributed by atoms with Gasteiger partial charge in [-0.15, -0.1) is 0 Å². The smallest absolute Gasteiger partial charge is 0.165 e. The number of nitrogens with zero attached hydrogens (tertiary/aromatic N) is 6. The summed E-state index contributed by atoms with van der Waals surface area (Å²) in [5.74, 6) is 2.20. The van der Waals surface area contributed by atoms with Gasteiger partial charge in [0.1, 0.15) is 11.6 Å². The highest BCUT2D eigenvalue weighted by Crippen LogP contribution is 2.38. The average Bonchev–Trinajstić information content (AvgIpc) is 3.25. The Labute approximate surface area is 173 Å². The second-order valence-corrected chi connectivity index (χ2v) is 8.36. The van der Waals surface area contributed by atoms with Crippen LogP contribution in [0.25, 0.3) is 16.8 Å². The number of aromatic nitrogens is 4. The molecule has 0 aliphatic carbocycles. The van der Waals surface area contributed by atoms with Gasteiger partial charge < -0.3 is 9.80 Å². The number of aryl methyl sites for hydroxylation is 3. The molecule has 0 radical (unpaired) electrons. The van der Waals surface area contributed by atoms with Crippen molar-refractivity contribution in [1.29, 1.82) is 0 Å². The van der Waals surface area contributed by atoms with Crippen LogP contribution in [0.2, 0.25) is 0 Å². The van der Waals surface area contributed by atoms with Crippen molar-refractivity contribution < 1.29 is 0 Å². The Hall–Kier alpha value is -2.63. The molecule has 6 nitrogen and oxygen atoms in total. The molecular weight excluding hydrogens is 360 g/mol. The summed E-state index contributed by atoms with van der Waals surface area (Å²) in [7, 11) is 4.03. The van der Waals surface area contributed by atoms with E-state index in [-0.39, 0.29) is 0 Å². The van der Waals surface area contributed by atoms with Gasteiger partial charge in [0.05, 0.1) is 11.3 Å². The van der Waals surface area contributed by atoms with Gasteiger partial charge in [-0.3, -0.25) is 0 Å². The zero-order chi connectivity index (χ0) is 20.9. The van der Waals surface area contributed by atoms with E-state index in [1.54, 1.807) is 0 Å². The lowest BCUT2D eigenvalue weighted by Gasteiger charge is -2.28. The fraction of sp³-hybridized carbons (Fsp3) is 0.522. The molecule has 0 unspecified atom stereocenters. The highest BCUT2D eigenvalue weighted by atomic mass is 15.4. The fourth-order valence-corrected chi connectivity index (χ4v) is 4.66. The molecule has 0 bridgehead atoms. The summed E-state index contributed by atoms with van der Waals surface area (Å²) in [5, 5.41) is 4.98. The van der Waals surface area contributed by atoms with Gasteiger partial charge in [0.25, 0.3) is 0 Å². The molecule has 3 aromatic rings. The third-order valence-electron chi connectivity index (χ3n) is 6.30. The van der Waals surface area contributed by atoms with Gasteiger partial charge in [-0.2, -0.15) is 9.61 Å². The molecule has 0 amide bonds. The number of hydrogen-bond acceptors (Lipinski definition) is 5. The minimum absolute atomic E-state index is 0.539. The molecule has 0 aromatic carbocycles. The van der Waals surface area contributed by atoms with E-state index in [4.69, 9.17) is 10.1 Å². The van der Waals surface area contributed by atoms with Crippen LogP contribution in [-0.4, -0.2) is 46.3 Å². The highest BCUT2D eigenvalue weighted by molar-refractivity contribution is 5.83. The summed E-state index contributed by atoms with van der Waals surface area (Å²) in [6, 6.07) is 2.67. The first kappa shape index (κ1) is 19.7. The van der Waals surface area contributed by atoms with E-state index in [0.29, 0.717) is 6.04 Å². The Balaban J connectivity index is 1.95. The molecule has 154 valence electrons. The van der Waals surface area contributed by atoms with Crippen LogP contribution in [0.15, 0.2) is 12.3 Å². The van der Waals surface area contributed by atoms with E-state index in [9.17, 15) is 0 Å². The summed E-state index contributed by atoms with van der Waals surface area (Å²) in [6.07, 6.45) is 5.30. The molecule has 0 N–H and O–H groups in total. The number of fused-ring (bicyclic) bond motifs is 3. The number of hydrogen-bond donors (Lipinski definition) is 0. The molecule has 0 spiro atoms. The van der Waals surface area contributed by atoms with Crippen molar-refractivity contribution in [2.24, 2.45) is 0 Å². The first-order valence-electron chi connectivity index (χ1n) is 10.7. The molecule has 0 atom stereocenters. The standard InChI is InChI=1S/C23H32N6/c1-8-17(9-2)28-11-10-18-15(4)25-22-21(16(5)26-29(22)23(18)28)19-13-24-20(27(6)7)12-14(19)3/h12-13,17H,8-11H2,1-7H3. The van der Waals surface area contributed by atoms with Crippen LogP contribution in [-0.2, 0) is 6.42 Å². The maximum absolute atomic E-state index is 5.02. The Kier molecular flexibility index (Phi) is 4.97. The maximum Gasteiger partial charge on any atom is 0.165 e. The lowest BCUT2D eigenvalue weighted by Crippen LogP contribution is -2.34. The van der Waals surface area contributed by atoms with Crippen molar-refractivity contribution in [3.8, 4) is 11.1 Å². The minimum Gasteiger partial charge on any atom is -0.363 e. The van der Waals surface area contributed by atoms with Crippen LogP contribution >= 0.6 is 0 Å². The van der Waals surface area contributed by atoms with Gasteiger partial charge in [0.15, 0.2) is 5.65 Å². The topological polar surface area (TPSA) is 49.6 Å². The van der Waals surface area contributed by atoms with Crippen molar-refractivity contribution >= 4 is 17.3 Å². The fourth-order valence-electron chi connectivity index (χ4n) is 4.66. The summed E-state index contributed by atoms with van der Waals surface area (Å²) < 4.78 is 2.09. The summed E-state index contributed by atoms with van der Waals surface area (Å²) in [4.78, 5) is 14.3. The highest BCUT2D eigenvalue weighted by Gasteiger charge is 2.31. The Morgan fingerprint density at radius 1 is 1.10 bits per heavy atom. The Morgan fingerprint density at radius 3 is 2.45 bits per heavy atom. The number of pyridine rings is 1. The Morgan fingerprint density at radius 2 is 1.83 bits per heavy atom. The molecular formula is C23H32N6. The normalized spacial score (nSPS) is 13.6. The summed E-state index contributed by atoms with van der Waals surface area (Å²) in [5.41, 5.74) is 7.82. The monoisotopic (exact) mass is 392 g/mol. The maximum atomic E-state index is 5.02. The zero-order valence-corrected chi connectivity index (χ0v) is 18.7. The molecule has 0 saturated carbocycles. The van der Waals surface area contributed by atoms with E-state index in [1.807, 2.05) is 25.2 Å². The molecule has 4 heterocycles. The van der Waals surface area contributed by atoms with Crippen LogP contribution in [0.1, 0.15) is 49.2 Å². The Bertz CT molecular complexity index is 1060. The molecule has 4 rings (SSSR count). The van der Waals surface area contributed by atoms with E-state index in [1.165, 1.54) is 16.9 Å². The van der Waals surface area contributed by atoms with Gasteiger partial charge >= 0.3 is 0 Å². The first-order valence-corrected chi connectivity index (χ1v) is 10.7. The summed E-state index contributed by atoms with van der Waals surface area (Å²) >= 11 is 0. The van der Waals surface area contributed by atoms with Gasteiger partial charge in [-0.25, -0.2) is 9.97 Å². The molecule has 1 aliphatic heterocycles. The molecule has 6 heteroatoms. The lowest BCUT2D eigenvalue weighted by atomic mass is 10.0. The van der Waals surface area contributed by atoms with E-state index < -0.39 is 0 Å². The van der Waals surface area contributed by atoms with Gasteiger partial charge in [0.2, 0.25) is 0 Å². The third-order valence-corrected chi connectivity index (χ3v) is 6.30. The third kappa shape index (κ3) is 3.05. The zero-order valence-electron chi connectivity index (χ0n) is 18.7.